The minimum atomic E-state index is -2.94. The van der Waals surface area contributed by atoms with Gasteiger partial charge in [0.15, 0.2) is 5.69 Å². The van der Waals surface area contributed by atoms with Gasteiger partial charge in [0.25, 0.3) is 12.3 Å². The molecule has 1 aliphatic rings. The van der Waals surface area contributed by atoms with Crippen LogP contribution >= 0.6 is 0 Å². The number of fused-ring (bicyclic) bond motifs is 1. The van der Waals surface area contributed by atoms with Crippen LogP contribution in [0.4, 0.5) is 8.78 Å². The first-order valence-corrected chi connectivity index (χ1v) is 7.48. The zero-order chi connectivity index (χ0) is 17.4. The number of amides is 1. The molecule has 1 N–H and O–H groups in total. The lowest BCUT2D eigenvalue weighted by Crippen LogP contribution is -2.36. The van der Waals surface area contributed by atoms with Crippen LogP contribution in [0.2, 0.25) is 0 Å². The van der Waals surface area contributed by atoms with Crippen LogP contribution in [0.15, 0.2) is 29.5 Å². The van der Waals surface area contributed by atoms with Crippen LogP contribution in [0.5, 0.6) is 0 Å². The van der Waals surface area contributed by atoms with Crippen LogP contribution in [0.3, 0.4) is 0 Å². The second-order valence-electron chi connectivity index (χ2n) is 5.47. The highest BCUT2D eigenvalue weighted by Crippen LogP contribution is 2.29. The number of aromatic nitrogens is 5. The number of rotatable bonds is 3. The molecule has 0 fully saturated rings. The lowest BCUT2D eigenvalue weighted by Gasteiger charge is -2.25. The van der Waals surface area contributed by atoms with E-state index >= 15 is 0 Å². The largest absolute Gasteiger partial charge is 0.430 e. The molecule has 4 rings (SSSR count). The van der Waals surface area contributed by atoms with Crippen molar-refractivity contribution in [3.63, 3.8) is 0 Å². The molecule has 0 spiro atoms. The summed E-state index contributed by atoms with van der Waals surface area (Å²) in [6, 6.07) is 0. The molecule has 0 atom stereocenters. The van der Waals surface area contributed by atoms with Crippen LogP contribution in [0.25, 0.3) is 11.5 Å². The molecule has 10 heteroatoms. The monoisotopic (exact) mass is 346 g/mol. The van der Waals surface area contributed by atoms with Crippen molar-refractivity contribution in [3.8, 4) is 11.5 Å². The number of H-pyrrole nitrogens is 1. The van der Waals surface area contributed by atoms with Gasteiger partial charge < -0.3 is 14.3 Å². The highest BCUT2D eigenvalue weighted by Gasteiger charge is 2.32. The molecule has 1 amide bonds. The third-order valence-electron chi connectivity index (χ3n) is 3.92. The molecule has 3 aromatic heterocycles. The number of imidazole rings is 1. The fourth-order valence-corrected chi connectivity index (χ4v) is 2.70. The van der Waals surface area contributed by atoms with Crippen LogP contribution in [-0.2, 0) is 13.0 Å². The van der Waals surface area contributed by atoms with Crippen LogP contribution in [-0.4, -0.2) is 42.3 Å². The highest BCUT2D eigenvalue weighted by atomic mass is 19.3. The van der Waals surface area contributed by atoms with Crippen molar-refractivity contribution in [2.75, 3.05) is 6.54 Å². The lowest BCUT2D eigenvalue weighted by molar-refractivity contribution is 0.0684. The maximum atomic E-state index is 13.3. The van der Waals surface area contributed by atoms with Gasteiger partial charge >= 0.3 is 0 Å². The summed E-state index contributed by atoms with van der Waals surface area (Å²) >= 11 is 0. The Kier molecular flexibility index (Phi) is 3.71. The molecule has 25 heavy (non-hydrogen) atoms. The van der Waals surface area contributed by atoms with E-state index in [1.54, 1.807) is 6.33 Å². The Morgan fingerprint density at radius 3 is 2.88 bits per heavy atom. The summed E-state index contributed by atoms with van der Waals surface area (Å²) in [7, 11) is 0. The quantitative estimate of drug-likeness (QED) is 0.778. The predicted molar refractivity (Wildman–Crippen MR) is 79.5 cm³/mol. The van der Waals surface area contributed by atoms with Gasteiger partial charge in [-0.3, -0.25) is 4.79 Å². The summed E-state index contributed by atoms with van der Waals surface area (Å²) in [6.07, 6.45) is 3.20. The fourth-order valence-electron chi connectivity index (χ4n) is 2.70. The zero-order valence-corrected chi connectivity index (χ0v) is 12.8. The van der Waals surface area contributed by atoms with Crippen molar-refractivity contribution in [2.45, 2.75) is 19.4 Å². The Bertz CT molecular complexity index is 908. The minimum absolute atomic E-state index is 0.113. The molecular formula is C15H12F2N6O2. The summed E-state index contributed by atoms with van der Waals surface area (Å²) in [5.74, 6) is -1.21. The second-order valence-corrected chi connectivity index (χ2v) is 5.47. The zero-order valence-electron chi connectivity index (χ0n) is 12.8. The van der Waals surface area contributed by atoms with Crippen molar-refractivity contribution in [3.05, 3.63) is 47.9 Å². The molecule has 1 aliphatic heterocycles. The number of nitrogens with zero attached hydrogens (tertiary/aromatic N) is 5. The van der Waals surface area contributed by atoms with Crippen LogP contribution in [0.1, 0.15) is 34.1 Å². The van der Waals surface area contributed by atoms with Crippen LogP contribution < -0.4 is 0 Å². The van der Waals surface area contributed by atoms with Crippen molar-refractivity contribution in [1.29, 1.82) is 0 Å². The molecule has 0 aliphatic carbocycles. The molecule has 0 aromatic carbocycles. The van der Waals surface area contributed by atoms with Gasteiger partial charge in [0.2, 0.25) is 11.7 Å². The van der Waals surface area contributed by atoms with E-state index < -0.39 is 23.8 Å². The Morgan fingerprint density at radius 2 is 2.12 bits per heavy atom. The topological polar surface area (TPSA) is 101 Å². The smallest absolute Gasteiger partial charge is 0.292 e. The average molecular weight is 346 g/mol. The SMILES string of the molecule is O=C(c1oc(-c2cncnc2)nc1C(F)F)N1CCc2nc[nH]c2C1. The molecule has 8 nitrogen and oxygen atoms in total. The van der Waals surface area contributed by atoms with Gasteiger partial charge in [-0.15, -0.1) is 0 Å². The Hall–Kier alpha value is -3.17. The van der Waals surface area contributed by atoms with Gasteiger partial charge in [0, 0.05) is 25.4 Å². The van der Waals surface area contributed by atoms with Crippen molar-refractivity contribution in [1.82, 2.24) is 29.8 Å². The van der Waals surface area contributed by atoms with E-state index in [-0.39, 0.29) is 12.4 Å². The number of oxazole rings is 1. The van der Waals surface area contributed by atoms with E-state index in [4.69, 9.17) is 4.42 Å². The second kappa shape index (κ2) is 6.04. The summed E-state index contributed by atoms with van der Waals surface area (Å²) in [6.45, 7) is 0.616. The number of hydrogen-bond donors (Lipinski definition) is 1. The highest BCUT2D eigenvalue weighted by molar-refractivity contribution is 5.93. The molecular weight excluding hydrogens is 334 g/mol. The first kappa shape index (κ1) is 15.4. The Balaban J connectivity index is 1.67. The predicted octanol–water partition coefficient (Wildman–Crippen LogP) is 1.99. The summed E-state index contributed by atoms with van der Waals surface area (Å²) in [5.41, 5.74) is 1.30. The van der Waals surface area contributed by atoms with E-state index in [9.17, 15) is 13.6 Å². The number of halogens is 2. The maximum absolute atomic E-state index is 13.3. The number of nitrogens with one attached hydrogen (secondary N) is 1. The summed E-state index contributed by atoms with van der Waals surface area (Å²) in [4.78, 5) is 32.6. The standard InChI is InChI=1S/C15H12F2N6O2/c16-13(17)11-12(25-14(22-11)8-3-18-6-19-4-8)15(24)23-2-1-9-10(5-23)21-7-20-9/h3-4,6-7,13H,1-2,5H2,(H,20,21). The number of aromatic amines is 1. The molecule has 0 saturated carbocycles. The van der Waals surface area contributed by atoms with Gasteiger partial charge in [0.1, 0.15) is 6.33 Å². The fraction of sp³-hybridized carbons (Fsp3) is 0.267. The molecule has 0 bridgehead atoms. The minimum Gasteiger partial charge on any atom is -0.430 e. The number of carbonyl (C=O) groups is 1. The number of hydrogen-bond acceptors (Lipinski definition) is 6. The van der Waals surface area contributed by atoms with Gasteiger partial charge in [-0.1, -0.05) is 0 Å². The number of carbonyl (C=O) groups excluding carboxylic acids is 1. The first-order valence-electron chi connectivity index (χ1n) is 7.48. The van der Waals surface area contributed by atoms with Crippen molar-refractivity contribution < 1.29 is 18.0 Å². The molecule has 0 saturated heterocycles. The molecule has 128 valence electrons. The van der Waals surface area contributed by atoms with Crippen LogP contribution in [0, 0.1) is 0 Å². The maximum Gasteiger partial charge on any atom is 0.292 e. The first-order chi connectivity index (χ1) is 12.1. The normalized spacial score (nSPS) is 14.0. The molecule has 3 aromatic rings. The summed E-state index contributed by atoms with van der Waals surface area (Å²) < 4.78 is 32.0. The van der Waals surface area contributed by atoms with E-state index in [2.05, 4.69) is 24.9 Å². The summed E-state index contributed by atoms with van der Waals surface area (Å²) in [5, 5.41) is 0. The van der Waals surface area contributed by atoms with E-state index in [1.165, 1.54) is 23.6 Å². The van der Waals surface area contributed by atoms with Gasteiger partial charge in [-0.05, 0) is 0 Å². The molecule has 4 heterocycles. The average Bonchev–Trinajstić information content (AvgIpc) is 3.28. The third-order valence-corrected chi connectivity index (χ3v) is 3.92. The van der Waals surface area contributed by atoms with Crippen molar-refractivity contribution in [2.24, 2.45) is 0 Å². The van der Waals surface area contributed by atoms with E-state index in [1.807, 2.05) is 0 Å². The Labute approximate surface area is 139 Å². The van der Waals surface area contributed by atoms with Crippen molar-refractivity contribution >= 4 is 5.91 Å². The Morgan fingerprint density at radius 1 is 1.32 bits per heavy atom. The number of alkyl halides is 2. The van der Waals surface area contributed by atoms with E-state index in [0.717, 1.165) is 11.4 Å². The van der Waals surface area contributed by atoms with E-state index in [0.29, 0.717) is 18.5 Å². The molecule has 0 unspecified atom stereocenters. The van der Waals surface area contributed by atoms with Gasteiger partial charge in [-0.2, -0.15) is 0 Å². The molecule has 0 radical (unpaired) electrons. The lowest BCUT2D eigenvalue weighted by atomic mass is 10.1. The van der Waals surface area contributed by atoms with Gasteiger partial charge in [0.05, 0.1) is 29.8 Å². The third kappa shape index (κ3) is 2.75. The van der Waals surface area contributed by atoms with Gasteiger partial charge in [-0.25, -0.2) is 28.7 Å².